The summed E-state index contributed by atoms with van der Waals surface area (Å²) in [7, 11) is 1.69. The summed E-state index contributed by atoms with van der Waals surface area (Å²) in [5.41, 5.74) is 5.53. The smallest absolute Gasteiger partial charge is 0.338 e. The lowest BCUT2D eigenvalue weighted by Gasteiger charge is -2.17. The van der Waals surface area contributed by atoms with Gasteiger partial charge in [0.2, 0.25) is 0 Å². The maximum absolute atomic E-state index is 12.3. The van der Waals surface area contributed by atoms with Crippen LogP contribution in [0.2, 0.25) is 0 Å². The average molecular weight is 377 g/mol. The number of carbonyl (C=O) groups is 2. The van der Waals surface area contributed by atoms with Gasteiger partial charge in [-0.15, -0.1) is 0 Å². The molecule has 3 aromatic rings. The zero-order valence-electron chi connectivity index (χ0n) is 16.5. The van der Waals surface area contributed by atoms with Crippen molar-refractivity contribution in [3.63, 3.8) is 0 Å². The van der Waals surface area contributed by atoms with E-state index in [0.717, 1.165) is 22.5 Å². The molecule has 0 saturated carbocycles. The highest BCUT2D eigenvalue weighted by Gasteiger charge is 2.15. The second-order valence-corrected chi connectivity index (χ2v) is 6.91. The maximum Gasteiger partial charge on any atom is 0.338 e. The van der Waals surface area contributed by atoms with Gasteiger partial charge < -0.3 is 9.64 Å². The number of carbonyl (C=O) groups excluding carboxylic acids is 2. The number of amides is 1. The third-order valence-electron chi connectivity index (χ3n) is 4.60. The van der Waals surface area contributed by atoms with Crippen molar-refractivity contribution in [2.75, 3.05) is 13.7 Å². The molecule has 2 aromatic carbocycles. The van der Waals surface area contributed by atoms with Gasteiger partial charge >= 0.3 is 5.97 Å². The molecule has 28 heavy (non-hydrogen) atoms. The Morgan fingerprint density at radius 3 is 2.25 bits per heavy atom. The van der Waals surface area contributed by atoms with Crippen LogP contribution in [0.3, 0.4) is 0 Å². The fraction of sp³-hybridized carbons (Fsp3) is 0.273. The Bertz CT molecular complexity index is 1030. The van der Waals surface area contributed by atoms with Gasteiger partial charge in [-0.3, -0.25) is 4.79 Å². The van der Waals surface area contributed by atoms with Crippen LogP contribution in [0.1, 0.15) is 32.9 Å². The van der Waals surface area contributed by atoms with E-state index in [9.17, 15) is 9.59 Å². The number of aryl methyl sites for hydroxylation is 3. The zero-order valence-corrected chi connectivity index (χ0v) is 16.5. The minimum Gasteiger partial charge on any atom is -0.452 e. The Morgan fingerprint density at radius 1 is 0.929 bits per heavy atom. The zero-order chi connectivity index (χ0) is 20.3. The molecule has 0 aliphatic rings. The van der Waals surface area contributed by atoms with Crippen molar-refractivity contribution in [2.24, 2.45) is 0 Å². The first-order valence-corrected chi connectivity index (χ1v) is 9.05. The SMILES string of the molecule is Cc1ccc(CN(C)C(=O)COC(=O)c2ccc3nc(C)c(C)nc3c2)cc1. The topological polar surface area (TPSA) is 72.4 Å². The highest BCUT2D eigenvalue weighted by Crippen LogP contribution is 2.15. The minimum atomic E-state index is -0.556. The van der Waals surface area contributed by atoms with E-state index in [4.69, 9.17) is 4.74 Å². The summed E-state index contributed by atoms with van der Waals surface area (Å²) < 4.78 is 5.19. The lowest BCUT2D eigenvalue weighted by molar-refractivity contribution is -0.133. The summed E-state index contributed by atoms with van der Waals surface area (Å²) in [5, 5.41) is 0. The highest BCUT2D eigenvalue weighted by molar-refractivity contribution is 5.94. The summed E-state index contributed by atoms with van der Waals surface area (Å²) in [4.78, 5) is 35.0. The van der Waals surface area contributed by atoms with Crippen molar-refractivity contribution < 1.29 is 14.3 Å². The van der Waals surface area contributed by atoms with Crippen molar-refractivity contribution in [3.05, 3.63) is 70.5 Å². The number of likely N-dealkylation sites (N-methyl/N-ethyl adjacent to an activating group) is 1. The van der Waals surface area contributed by atoms with E-state index in [2.05, 4.69) is 9.97 Å². The number of esters is 1. The normalized spacial score (nSPS) is 10.7. The lowest BCUT2D eigenvalue weighted by Crippen LogP contribution is -2.30. The van der Waals surface area contributed by atoms with E-state index in [-0.39, 0.29) is 12.5 Å². The van der Waals surface area contributed by atoms with Crippen molar-refractivity contribution in [2.45, 2.75) is 27.3 Å². The van der Waals surface area contributed by atoms with Crippen molar-refractivity contribution in [3.8, 4) is 0 Å². The number of rotatable bonds is 5. The average Bonchev–Trinajstić information content (AvgIpc) is 2.68. The van der Waals surface area contributed by atoms with E-state index >= 15 is 0 Å². The molecule has 0 aliphatic heterocycles. The largest absolute Gasteiger partial charge is 0.452 e. The van der Waals surface area contributed by atoms with E-state index in [1.54, 1.807) is 25.2 Å². The van der Waals surface area contributed by atoms with Crippen LogP contribution in [0.4, 0.5) is 0 Å². The summed E-state index contributed by atoms with van der Waals surface area (Å²) in [5.74, 6) is -0.819. The third kappa shape index (κ3) is 4.52. The molecule has 0 saturated heterocycles. The second kappa shape index (κ2) is 8.17. The van der Waals surface area contributed by atoms with Crippen LogP contribution >= 0.6 is 0 Å². The fourth-order valence-electron chi connectivity index (χ4n) is 2.73. The minimum absolute atomic E-state index is 0.263. The molecule has 3 rings (SSSR count). The molecule has 0 atom stereocenters. The third-order valence-corrected chi connectivity index (χ3v) is 4.60. The van der Waals surface area contributed by atoms with Gasteiger partial charge in [0.25, 0.3) is 5.91 Å². The van der Waals surface area contributed by atoms with E-state index in [0.29, 0.717) is 23.1 Å². The molecule has 0 fully saturated rings. The molecule has 0 N–H and O–H groups in total. The molecule has 0 radical (unpaired) electrons. The molecule has 0 unspecified atom stereocenters. The standard InChI is InChI=1S/C22H23N3O3/c1-14-5-7-17(8-6-14)12-25(4)21(26)13-28-22(27)18-9-10-19-20(11-18)24-16(3)15(2)23-19/h5-11H,12-13H2,1-4H3. The van der Waals surface area contributed by atoms with Crippen LogP contribution in [0.25, 0.3) is 11.0 Å². The van der Waals surface area contributed by atoms with E-state index < -0.39 is 5.97 Å². The van der Waals surface area contributed by atoms with Gasteiger partial charge in [0.05, 0.1) is 28.0 Å². The van der Waals surface area contributed by atoms with E-state index in [1.165, 1.54) is 4.90 Å². The summed E-state index contributed by atoms with van der Waals surface area (Å²) in [6.07, 6.45) is 0. The quantitative estimate of drug-likeness (QED) is 0.638. The molecule has 6 nitrogen and oxygen atoms in total. The second-order valence-electron chi connectivity index (χ2n) is 6.91. The van der Waals surface area contributed by atoms with Crippen LogP contribution in [-0.2, 0) is 16.1 Å². The first kappa shape index (κ1) is 19.5. The predicted octanol–water partition coefficient (Wildman–Crippen LogP) is 3.37. The Morgan fingerprint density at radius 2 is 1.57 bits per heavy atom. The van der Waals surface area contributed by atoms with Crippen molar-refractivity contribution in [1.82, 2.24) is 14.9 Å². The van der Waals surface area contributed by atoms with Gasteiger partial charge in [0, 0.05) is 13.6 Å². The first-order valence-electron chi connectivity index (χ1n) is 9.05. The van der Waals surface area contributed by atoms with Gasteiger partial charge in [-0.25, -0.2) is 14.8 Å². The van der Waals surface area contributed by atoms with Gasteiger partial charge in [0.1, 0.15) is 0 Å². The molecule has 0 spiro atoms. The van der Waals surface area contributed by atoms with Crippen LogP contribution in [0, 0.1) is 20.8 Å². The summed E-state index contributed by atoms with van der Waals surface area (Å²) in [6, 6.07) is 13.0. The number of nitrogens with zero attached hydrogens (tertiary/aromatic N) is 3. The first-order chi connectivity index (χ1) is 13.3. The van der Waals surface area contributed by atoms with Gasteiger partial charge in [-0.1, -0.05) is 29.8 Å². The highest BCUT2D eigenvalue weighted by atomic mass is 16.5. The van der Waals surface area contributed by atoms with Crippen molar-refractivity contribution in [1.29, 1.82) is 0 Å². The van der Waals surface area contributed by atoms with Crippen LogP contribution in [0.5, 0.6) is 0 Å². The molecule has 0 aliphatic carbocycles. The Kier molecular flexibility index (Phi) is 5.68. The van der Waals surface area contributed by atoms with Crippen LogP contribution in [0.15, 0.2) is 42.5 Å². The maximum atomic E-state index is 12.3. The molecule has 1 aromatic heterocycles. The molecular formula is C22H23N3O3. The van der Waals surface area contributed by atoms with Crippen LogP contribution < -0.4 is 0 Å². The monoisotopic (exact) mass is 377 g/mol. The number of aromatic nitrogens is 2. The molecule has 6 heteroatoms. The summed E-state index contributed by atoms with van der Waals surface area (Å²) in [6.45, 7) is 5.93. The number of benzene rings is 2. The number of hydrogen-bond acceptors (Lipinski definition) is 5. The number of hydrogen-bond donors (Lipinski definition) is 0. The summed E-state index contributed by atoms with van der Waals surface area (Å²) >= 11 is 0. The predicted molar refractivity (Wildman–Crippen MR) is 107 cm³/mol. The lowest BCUT2D eigenvalue weighted by atomic mass is 10.1. The van der Waals surface area contributed by atoms with Crippen LogP contribution in [-0.4, -0.2) is 40.4 Å². The number of fused-ring (bicyclic) bond motifs is 1. The molecule has 1 amide bonds. The number of ether oxygens (including phenoxy) is 1. The molecular weight excluding hydrogens is 354 g/mol. The molecule has 1 heterocycles. The Hall–Kier alpha value is -3.28. The fourth-order valence-corrected chi connectivity index (χ4v) is 2.73. The van der Waals surface area contributed by atoms with E-state index in [1.807, 2.05) is 45.0 Å². The van der Waals surface area contributed by atoms with Gasteiger partial charge in [0.15, 0.2) is 6.61 Å². The van der Waals surface area contributed by atoms with Crippen molar-refractivity contribution >= 4 is 22.9 Å². The van der Waals surface area contributed by atoms with Gasteiger partial charge in [-0.2, -0.15) is 0 Å². The molecule has 0 bridgehead atoms. The molecule has 144 valence electrons. The van der Waals surface area contributed by atoms with Gasteiger partial charge in [-0.05, 0) is 44.5 Å². The Labute approximate surface area is 164 Å². The Balaban J connectivity index is 1.61.